The summed E-state index contributed by atoms with van der Waals surface area (Å²) in [7, 11) is 0. The van der Waals surface area contributed by atoms with Crippen LogP contribution in [-0.2, 0) is 14.4 Å². The molecule has 2 aromatic carbocycles. The second kappa shape index (κ2) is 7.83. The summed E-state index contributed by atoms with van der Waals surface area (Å²) in [5.41, 5.74) is 1.11. The Kier molecular flexibility index (Phi) is 5.07. The second-order valence-electron chi connectivity index (χ2n) is 6.89. The van der Waals surface area contributed by atoms with Gasteiger partial charge < -0.3 is 24.4 Å². The summed E-state index contributed by atoms with van der Waals surface area (Å²) in [6, 6.07) is 13.8. The molecule has 1 fully saturated rings. The molecule has 8 nitrogen and oxygen atoms in total. The van der Waals surface area contributed by atoms with Gasteiger partial charge in [-0.15, -0.1) is 0 Å². The van der Waals surface area contributed by atoms with Crippen molar-refractivity contribution in [3.63, 3.8) is 0 Å². The summed E-state index contributed by atoms with van der Waals surface area (Å²) < 4.78 is 11.1. The number of carbonyl (C=O) groups excluding carboxylic acids is 2. The molecule has 1 saturated heterocycles. The van der Waals surface area contributed by atoms with Gasteiger partial charge in [-0.3, -0.25) is 14.4 Å². The predicted octanol–water partition coefficient (Wildman–Crippen LogP) is 1.93. The van der Waals surface area contributed by atoms with Crippen LogP contribution in [0.2, 0.25) is 0 Å². The molecular weight excluding hydrogens is 376 g/mol. The number of ether oxygens (including phenoxy) is 2. The summed E-state index contributed by atoms with van der Waals surface area (Å²) in [5, 5.41) is 9.23. The molecule has 2 aromatic rings. The first-order valence-electron chi connectivity index (χ1n) is 9.31. The normalized spacial score (nSPS) is 17.9. The molecule has 29 heavy (non-hydrogen) atoms. The van der Waals surface area contributed by atoms with Crippen LogP contribution in [0.5, 0.6) is 11.5 Å². The number of carboxylic acids is 1. The molecule has 0 saturated carbocycles. The van der Waals surface area contributed by atoms with Crippen molar-refractivity contribution in [2.24, 2.45) is 5.92 Å². The number of para-hydroxylation sites is 1. The average molecular weight is 396 g/mol. The Bertz CT molecular complexity index is 945. The minimum absolute atomic E-state index is 0.0240. The number of carboxylic acid groups (broad SMARTS) is 1. The molecule has 4 rings (SSSR count). The molecule has 0 aromatic heterocycles. The van der Waals surface area contributed by atoms with Gasteiger partial charge in [0, 0.05) is 30.4 Å². The fourth-order valence-corrected chi connectivity index (χ4v) is 3.58. The van der Waals surface area contributed by atoms with Crippen LogP contribution < -0.4 is 19.3 Å². The number of aliphatic carboxylic acids is 1. The highest BCUT2D eigenvalue weighted by Crippen LogP contribution is 2.36. The molecule has 1 N–H and O–H groups in total. The van der Waals surface area contributed by atoms with E-state index in [0.29, 0.717) is 36.1 Å². The lowest BCUT2D eigenvalue weighted by molar-refractivity contribution is -0.137. The van der Waals surface area contributed by atoms with Crippen molar-refractivity contribution >= 4 is 29.2 Å². The molecule has 0 bridgehead atoms. The Morgan fingerprint density at radius 3 is 2.52 bits per heavy atom. The second-order valence-corrected chi connectivity index (χ2v) is 6.89. The zero-order valence-electron chi connectivity index (χ0n) is 15.6. The number of carbonyl (C=O) groups is 3. The van der Waals surface area contributed by atoms with Gasteiger partial charge in [-0.2, -0.15) is 0 Å². The van der Waals surface area contributed by atoms with Crippen molar-refractivity contribution in [2.75, 3.05) is 36.1 Å². The number of hydrogen-bond acceptors (Lipinski definition) is 5. The molecule has 150 valence electrons. The van der Waals surface area contributed by atoms with E-state index in [1.54, 1.807) is 48.5 Å². The van der Waals surface area contributed by atoms with E-state index in [9.17, 15) is 19.5 Å². The largest absolute Gasteiger partial charge is 0.486 e. The van der Waals surface area contributed by atoms with E-state index in [1.807, 2.05) is 0 Å². The van der Waals surface area contributed by atoms with E-state index >= 15 is 0 Å². The number of nitrogens with zero attached hydrogens (tertiary/aromatic N) is 2. The maximum atomic E-state index is 13.1. The Morgan fingerprint density at radius 2 is 1.79 bits per heavy atom. The molecule has 0 aliphatic carbocycles. The molecule has 2 aliphatic rings. The topological polar surface area (TPSA) is 96.4 Å². The summed E-state index contributed by atoms with van der Waals surface area (Å²) in [5.74, 6) is -1.13. The zero-order chi connectivity index (χ0) is 20.4. The minimum Gasteiger partial charge on any atom is -0.486 e. The molecular formula is C21H20N2O6. The predicted molar refractivity (Wildman–Crippen MR) is 104 cm³/mol. The van der Waals surface area contributed by atoms with E-state index in [-0.39, 0.29) is 24.8 Å². The molecule has 1 unspecified atom stereocenters. The van der Waals surface area contributed by atoms with Crippen LogP contribution in [0.3, 0.4) is 0 Å². The maximum absolute atomic E-state index is 13.1. The third-order valence-corrected chi connectivity index (χ3v) is 4.94. The number of amides is 2. The van der Waals surface area contributed by atoms with Crippen molar-refractivity contribution in [3.05, 3.63) is 48.5 Å². The first-order chi connectivity index (χ1) is 14.0. The maximum Gasteiger partial charge on any atom is 0.323 e. The van der Waals surface area contributed by atoms with Crippen LogP contribution in [0, 0.1) is 5.92 Å². The van der Waals surface area contributed by atoms with Gasteiger partial charge in [0.15, 0.2) is 11.5 Å². The van der Waals surface area contributed by atoms with E-state index in [4.69, 9.17) is 9.47 Å². The lowest BCUT2D eigenvalue weighted by Crippen LogP contribution is -2.40. The van der Waals surface area contributed by atoms with Gasteiger partial charge in [-0.05, 0) is 24.3 Å². The Labute approximate surface area is 167 Å². The summed E-state index contributed by atoms with van der Waals surface area (Å²) in [6.07, 6.45) is 0.0240. The smallest absolute Gasteiger partial charge is 0.323 e. The lowest BCUT2D eigenvalue weighted by atomic mass is 10.1. The summed E-state index contributed by atoms with van der Waals surface area (Å²) in [4.78, 5) is 39.7. The van der Waals surface area contributed by atoms with Crippen LogP contribution >= 0.6 is 0 Å². The van der Waals surface area contributed by atoms with Gasteiger partial charge in [0.2, 0.25) is 11.8 Å². The monoisotopic (exact) mass is 396 g/mol. The SMILES string of the molecule is O=C(O)CN(C(=O)C1CC(=O)N(c2ccc3c(c2)OCCO3)C1)c1ccccc1. The van der Waals surface area contributed by atoms with Crippen molar-refractivity contribution < 1.29 is 29.0 Å². The minimum atomic E-state index is -1.12. The van der Waals surface area contributed by atoms with Crippen LogP contribution in [0.1, 0.15) is 6.42 Å². The summed E-state index contributed by atoms with van der Waals surface area (Å²) >= 11 is 0. The van der Waals surface area contributed by atoms with Crippen LogP contribution in [-0.4, -0.2) is 49.2 Å². The highest BCUT2D eigenvalue weighted by Gasteiger charge is 2.38. The first kappa shape index (κ1) is 18.8. The lowest BCUT2D eigenvalue weighted by Gasteiger charge is -2.25. The van der Waals surface area contributed by atoms with Crippen molar-refractivity contribution in [3.8, 4) is 11.5 Å². The van der Waals surface area contributed by atoms with Gasteiger partial charge in [-0.1, -0.05) is 18.2 Å². The van der Waals surface area contributed by atoms with Crippen molar-refractivity contribution in [1.29, 1.82) is 0 Å². The molecule has 2 heterocycles. The van der Waals surface area contributed by atoms with Gasteiger partial charge in [0.1, 0.15) is 19.8 Å². The number of benzene rings is 2. The standard InChI is InChI=1S/C21H20N2O6/c24-19-10-14(21(27)23(13-20(25)26)15-4-2-1-3-5-15)12-22(19)16-6-7-17-18(11-16)29-9-8-28-17/h1-7,11,14H,8-10,12-13H2,(H,25,26). The van der Waals surface area contributed by atoms with Crippen molar-refractivity contribution in [2.45, 2.75) is 6.42 Å². The number of anilines is 2. The third-order valence-electron chi connectivity index (χ3n) is 4.94. The van der Waals surface area contributed by atoms with E-state index in [2.05, 4.69) is 0 Å². The zero-order valence-corrected chi connectivity index (χ0v) is 15.6. The van der Waals surface area contributed by atoms with Gasteiger partial charge >= 0.3 is 5.97 Å². The van der Waals surface area contributed by atoms with Gasteiger partial charge in [0.25, 0.3) is 0 Å². The van der Waals surface area contributed by atoms with Crippen molar-refractivity contribution in [1.82, 2.24) is 0 Å². The van der Waals surface area contributed by atoms with E-state index in [1.165, 1.54) is 9.80 Å². The van der Waals surface area contributed by atoms with E-state index < -0.39 is 18.4 Å². The van der Waals surface area contributed by atoms with Gasteiger partial charge in [0.05, 0.1) is 5.92 Å². The molecule has 0 radical (unpaired) electrons. The molecule has 8 heteroatoms. The average Bonchev–Trinajstić information content (AvgIpc) is 3.13. The molecule has 1 atom stereocenters. The molecule has 2 amide bonds. The first-order valence-corrected chi connectivity index (χ1v) is 9.31. The molecule has 2 aliphatic heterocycles. The molecule has 0 spiro atoms. The number of rotatable bonds is 5. The Balaban J connectivity index is 1.54. The van der Waals surface area contributed by atoms with Crippen LogP contribution in [0.4, 0.5) is 11.4 Å². The van der Waals surface area contributed by atoms with E-state index in [0.717, 1.165) is 0 Å². The highest BCUT2D eigenvalue weighted by molar-refractivity contribution is 6.05. The van der Waals surface area contributed by atoms with Crippen LogP contribution in [0.15, 0.2) is 48.5 Å². The fourth-order valence-electron chi connectivity index (χ4n) is 3.58. The van der Waals surface area contributed by atoms with Gasteiger partial charge in [-0.25, -0.2) is 0 Å². The Morgan fingerprint density at radius 1 is 1.07 bits per heavy atom. The number of fused-ring (bicyclic) bond motifs is 1. The van der Waals surface area contributed by atoms with Crippen LogP contribution in [0.25, 0.3) is 0 Å². The summed E-state index contributed by atoms with van der Waals surface area (Å²) in [6.45, 7) is 0.634. The highest BCUT2D eigenvalue weighted by atomic mass is 16.6. The Hall–Kier alpha value is -3.55. The quantitative estimate of drug-likeness (QED) is 0.830. The number of hydrogen-bond donors (Lipinski definition) is 1. The fraction of sp³-hybridized carbons (Fsp3) is 0.286. The third kappa shape index (κ3) is 3.87.